The summed E-state index contributed by atoms with van der Waals surface area (Å²) >= 11 is 4.87. The molecule has 0 aliphatic heterocycles. The topological polar surface area (TPSA) is 20.3 Å². The Balaban J connectivity index is 2.06. The van der Waals surface area contributed by atoms with Crippen LogP contribution >= 0.6 is 27.3 Å². The van der Waals surface area contributed by atoms with Crippen molar-refractivity contribution in [2.24, 2.45) is 5.92 Å². The molecule has 1 fully saturated rings. The van der Waals surface area contributed by atoms with Crippen LogP contribution in [0.5, 0.6) is 0 Å². The van der Waals surface area contributed by atoms with Gasteiger partial charge in [0.25, 0.3) is 5.91 Å². The van der Waals surface area contributed by atoms with Gasteiger partial charge in [-0.3, -0.25) is 4.79 Å². The lowest BCUT2D eigenvalue weighted by Gasteiger charge is -2.24. The van der Waals surface area contributed by atoms with Crippen LogP contribution in [0.1, 0.15) is 29.4 Å². The Labute approximate surface area is 102 Å². The van der Waals surface area contributed by atoms with E-state index in [-0.39, 0.29) is 5.91 Å². The Kier molecular flexibility index (Phi) is 3.16. The summed E-state index contributed by atoms with van der Waals surface area (Å²) in [6.45, 7) is 2.14. The molecule has 1 unspecified atom stereocenters. The number of halogens is 1. The van der Waals surface area contributed by atoms with Crippen LogP contribution in [0.2, 0.25) is 0 Å². The Morgan fingerprint density at radius 1 is 1.60 bits per heavy atom. The summed E-state index contributed by atoms with van der Waals surface area (Å²) in [7, 11) is 1.90. The summed E-state index contributed by atoms with van der Waals surface area (Å²) in [6, 6.07) is 4.18. The lowest BCUT2D eigenvalue weighted by Crippen LogP contribution is -2.35. The smallest absolute Gasteiger partial charge is 0.263 e. The van der Waals surface area contributed by atoms with E-state index in [9.17, 15) is 4.79 Å². The highest BCUT2D eigenvalue weighted by molar-refractivity contribution is 9.11. The summed E-state index contributed by atoms with van der Waals surface area (Å²) < 4.78 is 1.01. The molecular weight excluding hydrogens is 274 g/mol. The van der Waals surface area contributed by atoms with Crippen LogP contribution < -0.4 is 0 Å². The Morgan fingerprint density at radius 3 is 2.73 bits per heavy atom. The van der Waals surface area contributed by atoms with Gasteiger partial charge in [-0.05, 0) is 53.7 Å². The quantitative estimate of drug-likeness (QED) is 0.835. The molecule has 82 valence electrons. The van der Waals surface area contributed by atoms with Crippen molar-refractivity contribution in [3.8, 4) is 0 Å². The van der Waals surface area contributed by atoms with Gasteiger partial charge in [-0.2, -0.15) is 0 Å². The summed E-state index contributed by atoms with van der Waals surface area (Å²) in [6.07, 6.45) is 2.54. The normalized spacial score (nSPS) is 17.5. The van der Waals surface area contributed by atoms with Crippen LogP contribution in [0.25, 0.3) is 0 Å². The number of thiophene rings is 1. The van der Waals surface area contributed by atoms with Gasteiger partial charge in [0.1, 0.15) is 0 Å². The number of amides is 1. The molecule has 2 nitrogen and oxygen atoms in total. The molecule has 2 rings (SSSR count). The molecule has 0 bridgehead atoms. The van der Waals surface area contributed by atoms with Gasteiger partial charge in [0.2, 0.25) is 0 Å². The Hall–Kier alpha value is -0.350. The predicted octanol–water partition coefficient (Wildman–Crippen LogP) is 3.38. The van der Waals surface area contributed by atoms with Gasteiger partial charge >= 0.3 is 0 Å². The molecule has 0 N–H and O–H groups in total. The fourth-order valence-electron chi connectivity index (χ4n) is 1.68. The zero-order chi connectivity index (χ0) is 11.0. The second-order valence-electron chi connectivity index (χ2n) is 4.10. The van der Waals surface area contributed by atoms with Gasteiger partial charge in [0.05, 0.1) is 8.66 Å². The van der Waals surface area contributed by atoms with Gasteiger partial charge in [-0.25, -0.2) is 0 Å². The molecule has 1 aliphatic rings. The van der Waals surface area contributed by atoms with Crippen LogP contribution in [0.4, 0.5) is 0 Å². The van der Waals surface area contributed by atoms with E-state index in [2.05, 4.69) is 22.9 Å². The van der Waals surface area contributed by atoms with Gasteiger partial charge in [0, 0.05) is 13.1 Å². The zero-order valence-electron chi connectivity index (χ0n) is 8.87. The molecule has 0 spiro atoms. The van der Waals surface area contributed by atoms with Crippen molar-refractivity contribution in [1.29, 1.82) is 0 Å². The maximum Gasteiger partial charge on any atom is 0.263 e. The third kappa shape index (κ3) is 2.42. The van der Waals surface area contributed by atoms with Crippen molar-refractivity contribution in [3.63, 3.8) is 0 Å². The van der Waals surface area contributed by atoms with Crippen molar-refractivity contribution >= 4 is 33.2 Å². The summed E-state index contributed by atoms with van der Waals surface area (Å²) in [4.78, 5) is 14.7. The minimum atomic E-state index is 0.144. The van der Waals surface area contributed by atoms with Gasteiger partial charge in [-0.15, -0.1) is 11.3 Å². The number of carbonyl (C=O) groups excluding carboxylic acids is 1. The molecule has 1 aromatic heterocycles. The van der Waals surface area contributed by atoms with Crippen molar-refractivity contribution in [3.05, 3.63) is 20.8 Å². The van der Waals surface area contributed by atoms with E-state index in [0.717, 1.165) is 14.6 Å². The number of hydrogen-bond acceptors (Lipinski definition) is 2. The minimum absolute atomic E-state index is 0.144. The third-order valence-corrected chi connectivity index (χ3v) is 4.63. The van der Waals surface area contributed by atoms with E-state index in [4.69, 9.17) is 0 Å². The molecular formula is C11H14BrNOS. The van der Waals surface area contributed by atoms with Crippen LogP contribution in [-0.2, 0) is 0 Å². The SMILES string of the molecule is CC(C1CC1)N(C)C(=O)c1ccc(Br)s1. The molecule has 1 saturated carbocycles. The van der Waals surface area contributed by atoms with Crippen molar-refractivity contribution in [1.82, 2.24) is 4.90 Å². The van der Waals surface area contributed by atoms with E-state index in [1.807, 2.05) is 24.1 Å². The molecule has 4 heteroatoms. The standard InChI is InChI=1S/C11H14BrNOS/c1-7(8-3-4-8)13(2)11(14)9-5-6-10(12)15-9/h5-8H,3-4H2,1-2H3. The molecule has 1 heterocycles. The minimum Gasteiger partial charge on any atom is -0.338 e. The first-order chi connectivity index (χ1) is 7.09. The van der Waals surface area contributed by atoms with E-state index in [1.165, 1.54) is 24.2 Å². The highest BCUT2D eigenvalue weighted by atomic mass is 79.9. The van der Waals surface area contributed by atoms with E-state index in [1.54, 1.807) is 0 Å². The van der Waals surface area contributed by atoms with Gasteiger partial charge in [0.15, 0.2) is 0 Å². The number of carbonyl (C=O) groups is 1. The largest absolute Gasteiger partial charge is 0.338 e. The van der Waals surface area contributed by atoms with Crippen molar-refractivity contribution in [2.45, 2.75) is 25.8 Å². The second-order valence-corrected chi connectivity index (χ2v) is 6.56. The van der Waals surface area contributed by atoms with E-state index < -0.39 is 0 Å². The monoisotopic (exact) mass is 287 g/mol. The molecule has 15 heavy (non-hydrogen) atoms. The summed E-state index contributed by atoms with van der Waals surface area (Å²) in [5.41, 5.74) is 0. The summed E-state index contributed by atoms with van der Waals surface area (Å²) in [5, 5.41) is 0. The van der Waals surface area contributed by atoms with Crippen LogP contribution in [0.3, 0.4) is 0 Å². The number of rotatable bonds is 3. The first-order valence-electron chi connectivity index (χ1n) is 5.12. The molecule has 0 aromatic carbocycles. The van der Waals surface area contributed by atoms with E-state index in [0.29, 0.717) is 6.04 Å². The molecule has 1 aromatic rings. The maximum absolute atomic E-state index is 12.0. The molecule has 0 radical (unpaired) electrons. The number of nitrogens with zero attached hydrogens (tertiary/aromatic N) is 1. The molecule has 1 amide bonds. The third-order valence-electron chi connectivity index (χ3n) is 3.02. The van der Waals surface area contributed by atoms with Crippen LogP contribution in [-0.4, -0.2) is 23.9 Å². The lowest BCUT2D eigenvalue weighted by atomic mass is 10.2. The zero-order valence-corrected chi connectivity index (χ0v) is 11.3. The molecule has 1 atom stereocenters. The Morgan fingerprint density at radius 2 is 2.27 bits per heavy atom. The first-order valence-corrected chi connectivity index (χ1v) is 6.73. The van der Waals surface area contributed by atoms with Crippen LogP contribution in [0, 0.1) is 5.92 Å². The van der Waals surface area contributed by atoms with Crippen molar-refractivity contribution in [2.75, 3.05) is 7.05 Å². The van der Waals surface area contributed by atoms with E-state index >= 15 is 0 Å². The second kappa shape index (κ2) is 4.26. The maximum atomic E-state index is 12.0. The predicted molar refractivity (Wildman–Crippen MR) is 66.3 cm³/mol. The highest BCUT2D eigenvalue weighted by Crippen LogP contribution is 2.35. The lowest BCUT2D eigenvalue weighted by molar-refractivity contribution is 0.0732. The van der Waals surface area contributed by atoms with Crippen LogP contribution in [0.15, 0.2) is 15.9 Å². The molecule has 0 saturated heterocycles. The first kappa shape index (κ1) is 11.1. The average Bonchev–Trinajstić information content (AvgIpc) is 2.98. The van der Waals surface area contributed by atoms with Gasteiger partial charge < -0.3 is 4.90 Å². The fraction of sp³-hybridized carbons (Fsp3) is 0.545. The van der Waals surface area contributed by atoms with Crippen molar-refractivity contribution < 1.29 is 4.79 Å². The Bertz CT molecular complexity index is 372. The summed E-state index contributed by atoms with van der Waals surface area (Å²) in [5.74, 6) is 0.868. The molecule has 1 aliphatic carbocycles. The fourth-order valence-corrected chi connectivity index (χ4v) is 3.05. The highest BCUT2D eigenvalue weighted by Gasteiger charge is 2.32. The average molecular weight is 288 g/mol. The van der Waals surface area contributed by atoms with Gasteiger partial charge in [-0.1, -0.05) is 0 Å². The number of hydrogen-bond donors (Lipinski definition) is 0.